The Bertz CT molecular complexity index is 2440. The molecule has 0 aliphatic carbocycles. The van der Waals surface area contributed by atoms with Crippen LogP contribution in [0.3, 0.4) is 0 Å². The molecule has 0 atom stereocenters. The van der Waals surface area contributed by atoms with Gasteiger partial charge in [-0.05, 0) is 103 Å². The molecule has 3 aromatic carbocycles. The third-order valence-electron chi connectivity index (χ3n) is 8.31. The molecule has 3 N–H and O–H groups in total. The number of carbonyl (C=O) groups excluding carboxylic acids is 3. The van der Waals surface area contributed by atoms with Gasteiger partial charge in [-0.2, -0.15) is 13.2 Å². The predicted octanol–water partition coefficient (Wildman–Crippen LogP) is 10.7. The molecule has 6 rings (SSSR count). The fourth-order valence-corrected chi connectivity index (χ4v) is 6.29. The molecule has 3 amide bonds. The van der Waals surface area contributed by atoms with Crippen LogP contribution >= 0.6 is 58.0 Å². The molecule has 0 fully saturated rings. The van der Waals surface area contributed by atoms with Crippen LogP contribution in [0.1, 0.15) is 53.7 Å². The van der Waals surface area contributed by atoms with E-state index < -0.39 is 35.0 Å². The van der Waals surface area contributed by atoms with Gasteiger partial charge in [0, 0.05) is 58.9 Å². The Morgan fingerprint density at radius 3 is 1.50 bits per heavy atom. The van der Waals surface area contributed by atoms with E-state index in [2.05, 4.69) is 30.9 Å². The second-order valence-corrected chi connectivity index (χ2v) is 14.7. The first-order valence-electron chi connectivity index (χ1n) is 18.2. The number of pyridine rings is 3. The van der Waals surface area contributed by atoms with Crippen LogP contribution < -0.4 is 16.0 Å². The van der Waals surface area contributed by atoms with Gasteiger partial charge in [0.15, 0.2) is 0 Å². The van der Waals surface area contributed by atoms with Crippen molar-refractivity contribution in [1.82, 2.24) is 30.9 Å². The van der Waals surface area contributed by atoms with E-state index in [4.69, 9.17) is 58.0 Å². The molecule has 0 aliphatic rings. The summed E-state index contributed by atoms with van der Waals surface area (Å²) < 4.78 is 65.2. The first kappa shape index (κ1) is 49.3. The normalized spacial score (nSPS) is 10.7. The maximum absolute atomic E-state index is 13.4. The molecule has 0 spiro atoms. The van der Waals surface area contributed by atoms with Gasteiger partial charge < -0.3 is 16.0 Å². The molecule has 0 aliphatic heterocycles. The van der Waals surface area contributed by atoms with Gasteiger partial charge in [-0.1, -0.05) is 82.3 Å². The van der Waals surface area contributed by atoms with Crippen molar-refractivity contribution < 1.29 is 36.3 Å². The van der Waals surface area contributed by atoms with Crippen LogP contribution in [0, 0.1) is 11.6 Å². The summed E-state index contributed by atoms with van der Waals surface area (Å²) in [6.07, 6.45) is 0.536. The second-order valence-electron chi connectivity index (χ2n) is 12.6. The average Bonchev–Trinajstić information content (AvgIpc) is 3.24. The standard InChI is InChI=1S/C15H11F5N2O.C14H11Cl3N2O.C14H12Cl2N2O/c16-11-4-1-5-12(17)9(11)6-8-22-14(23)13-10(15(18,19)20)3-2-7-21-13;15-10-4-3-9(12(17)8-10)5-7-19-14(20)13-11(16)2-1-6-18-13;15-11-5-3-10(4-6-11)7-9-18-14(19)13-12(16)2-1-8-17-13/h1-5,7H,6,8H2,(H,22,23);1-4,6,8H,5,7H2,(H,19,20);1-6,8H,7,9H2,(H,18,19). The number of benzene rings is 3. The SMILES string of the molecule is O=C(NCCc1c(F)cccc1F)c1ncccc1C(F)(F)F.O=C(NCCc1ccc(Cl)cc1)c1ncccc1Cl.O=C(NCCc1ccc(Cl)cc1Cl)c1ncccc1Cl. The maximum Gasteiger partial charge on any atom is 0.418 e. The Morgan fingerprint density at radius 2 is 0.984 bits per heavy atom. The fourth-order valence-electron chi connectivity index (χ4n) is 5.25. The van der Waals surface area contributed by atoms with Gasteiger partial charge in [0.1, 0.15) is 28.7 Å². The monoisotopic (exact) mass is 952 g/mol. The van der Waals surface area contributed by atoms with Crippen LogP contribution in [0.2, 0.25) is 25.1 Å². The van der Waals surface area contributed by atoms with Gasteiger partial charge >= 0.3 is 6.18 Å². The fraction of sp³-hybridized carbons (Fsp3) is 0.163. The van der Waals surface area contributed by atoms with Gasteiger partial charge in [0.2, 0.25) is 0 Å². The first-order chi connectivity index (χ1) is 29.5. The van der Waals surface area contributed by atoms with Crippen LogP contribution in [-0.4, -0.2) is 52.3 Å². The third kappa shape index (κ3) is 15.5. The van der Waals surface area contributed by atoms with E-state index in [1.165, 1.54) is 12.3 Å². The summed E-state index contributed by atoms with van der Waals surface area (Å²) in [5.41, 5.74) is 0.297. The van der Waals surface area contributed by atoms with Crippen LogP contribution in [-0.2, 0) is 25.4 Å². The van der Waals surface area contributed by atoms with Crippen LogP contribution in [0.5, 0.6) is 0 Å². The van der Waals surface area contributed by atoms with Gasteiger partial charge in [-0.15, -0.1) is 0 Å². The molecule has 9 nitrogen and oxygen atoms in total. The minimum absolute atomic E-state index is 0.196. The van der Waals surface area contributed by atoms with E-state index >= 15 is 0 Å². The predicted molar refractivity (Wildman–Crippen MR) is 230 cm³/mol. The first-order valence-corrected chi connectivity index (χ1v) is 20.1. The summed E-state index contributed by atoms with van der Waals surface area (Å²) in [4.78, 5) is 46.8. The number of halogens is 10. The van der Waals surface area contributed by atoms with E-state index in [-0.39, 0.29) is 41.7 Å². The number of nitrogens with one attached hydrogen (secondary N) is 3. The molecule has 3 aromatic heterocycles. The molecule has 0 unspecified atom stereocenters. The number of nitrogens with zero attached hydrogens (tertiary/aromatic N) is 3. The second kappa shape index (κ2) is 24.3. The lowest BCUT2D eigenvalue weighted by molar-refractivity contribution is -0.138. The average molecular weight is 955 g/mol. The van der Waals surface area contributed by atoms with E-state index in [1.54, 1.807) is 42.6 Å². The Morgan fingerprint density at radius 1 is 0.516 bits per heavy atom. The van der Waals surface area contributed by atoms with Gasteiger partial charge in [-0.25, -0.2) is 18.7 Å². The molecule has 0 saturated heterocycles. The highest BCUT2D eigenvalue weighted by Crippen LogP contribution is 2.31. The van der Waals surface area contributed by atoms with E-state index in [0.717, 1.165) is 48.0 Å². The lowest BCUT2D eigenvalue weighted by atomic mass is 10.1. The molecular weight excluding hydrogens is 921 g/mol. The highest BCUT2D eigenvalue weighted by atomic mass is 35.5. The minimum Gasteiger partial charge on any atom is -0.350 e. The van der Waals surface area contributed by atoms with Crippen molar-refractivity contribution in [2.75, 3.05) is 19.6 Å². The lowest BCUT2D eigenvalue weighted by Crippen LogP contribution is -2.29. The molecule has 19 heteroatoms. The van der Waals surface area contributed by atoms with Gasteiger partial charge in [-0.3, -0.25) is 19.4 Å². The molecule has 324 valence electrons. The van der Waals surface area contributed by atoms with Crippen molar-refractivity contribution >= 4 is 75.7 Å². The lowest BCUT2D eigenvalue weighted by Gasteiger charge is -2.12. The molecule has 0 saturated carbocycles. The zero-order chi connectivity index (χ0) is 45.2. The Hall–Kier alpha value is -5.38. The number of carbonyl (C=O) groups is 3. The van der Waals surface area contributed by atoms with Crippen molar-refractivity contribution in [2.24, 2.45) is 0 Å². The zero-order valence-electron chi connectivity index (χ0n) is 32.1. The number of aromatic nitrogens is 3. The number of hydrogen-bond donors (Lipinski definition) is 3. The van der Waals surface area contributed by atoms with E-state index in [9.17, 15) is 36.3 Å². The van der Waals surface area contributed by atoms with Crippen molar-refractivity contribution in [3.63, 3.8) is 0 Å². The van der Waals surface area contributed by atoms with Gasteiger partial charge in [0.05, 0.1) is 15.6 Å². The quantitative estimate of drug-likeness (QED) is 0.105. The van der Waals surface area contributed by atoms with E-state index in [0.29, 0.717) is 44.6 Å². The number of alkyl halides is 3. The number of hydrogen-bond acceptors (Lipinski definition) is 6. The summed E-state index contributed by atoms with van der Waals surface area (Å²) >= 11 is 29.5. The van der Waals surface area contributed by atoms with Crippen molar-refractivity contribution in [3.05, 3.63) is 192 Å². The molecule has 0 radical (unpaired) electrons. The van der Waals surface area contributed by atoms with Crippen molar-refractivity contribution in [1.29, 1.82) is 0 Å². The Kier molecular flexibility index (Phi) is 19.3. The highest BCUT2D eigenvalue weighted by Gasteiger charge is 2.35. The molecule has 62 heavy (non-hydrogen) atoms. The van der Waals surface area contributed by atoms with Crippen molar-refractivity contribution in [2.45, 2.75) is 25.4 Å². The molecular formula is C43H34Cl5F5N6O3. The highest BCUT2D eigenvalue weighted by molar-refractivity contribution is 6.35. The summed E-state index contributed by atoms with van der Waals surface area (Å²) in [5, 5.41) is 10.3. The summed E-state index contributed by atoms with van der Waals surface area (Å²) in [6, 6.07) is 24.5. The van der Waals surface area contributed by atoms with E-state index in [1.807, 2.05) is 30.3 Å². The smallest absolute Gasteiger partial charge is 0.350 e. The molecule has 3 heterocycles. The molecule has 6 aromatic rings. The summed E-state index contributed by atoms with van der Waals surface area (Å²) in [6.45, 7) is 0.727. The molecule has 0 bridgehead atoms. The van der Waals surface area contributed by atoms with Crippen LogP contribution in [0.25, 0.3) is 0 Å². The summed E-state index contributed by atoms with van der Waals surface area (Å²) in [5.74, 6) is -3.20. The van der Waals surface area contributed by atoms with Crippen molar-refractivity contribution in [3.8, 4) is 0 Å². The zero-order valence-corrected chi connectivity index (χ0v) is 35.8. The van der Waals surface area contributed by atoms with Crippen LogP contribution in [0.4, 0.5) is 22.0 Å². The summed E-state index contributed by atoms with van der Waals surface area (Å²) in [7, 11) is 0. The third-order valence-corrected chi connectivity index (χ3v) is 9.75. The number of rotatable bonds is 12. The Labute approximate surface area is 378 Å². The van der Waals surface area contributed by atoms with Gasteiger partial charge in [0.25, 0.3) is 17.7 Å². The Balaban J connectivity index is 0.000000205. The topological polar surface area (TPSA) is 126 Å². The minimum atomic E-state index is -4.72. The maximum atomic E-state index is 13.4. The van der Waals surface area contributed by atoms with Crippen LogP contribution in [0.15, 0.2) is 116 Å². The largest absolute Gasteiger partial charge is 0.418 e. The number of amides is 3.